The minimum atomic E-state index is -0.396. The van der Waals surface area contributed by atoms with Gasteiger partial charge in [0.2, 0.25) is 0 Å². The average molecular weight is 520 g/mol. The molecule has 3 fully saturated rings. The molecule has 8 nitrogen and oxygen atoms in total. The summed E-state index contributed by atoms with van der Waals surface area (Å²) >= 11 is 6.40. The summed E-state index contributed by atoms with van der Waals surface area (Å²) < 4.78 is 21.2. The fourth-order valence-electron chi connectivity index (χ4n) is 6.49. The van der Waals surface area contributed by atoms with Crippen molar-refractivity contribution < 1.29 is 9.13 Å². The highest BCUT2D eigenvalue weighted by Gasteiger charge is 2.55. The number of ether oxygens (including phenoxy) is 1. The third-order valence-electron chi connectivity index (χ3n) is 8.51. The summed E-state index contributed by atoms with van der Waals surface area (Å²) in [6.45, 7) is 3.87. The van der Waals surface area contributed by atoms with E-state index in [0.717, 1.165) is 74.8 Å². The number of benzene rings is 1. The number of fused-ring (bicyclic) bond motifs is 3. The largest absolute Gasteiger partial charge is 0.493 e. The molecule has 4 heterocycles. The fourth-order valence-corrected chi connectivity index (χ4v) is 6.69. The van der Waals surface area contributed by atoms with E-state index in [0.29, 0.717) is 29.1 Å². The Hall–Kier alpha value is -3.22. The smallest absolute Gasteiger partial charge is 0.171 e. The second-order valence-corrected chi connectivity index (χ2v) is 11.7. The molecule has 1 spiro atoms. The molecule has 0 unspecified atom stereocenters. The van der Waals surface area contributed by atoms with E-state index >= 15 is 0 Å². The molecule has 0 amide bonds. The third kappa shape index (κ3) is 3.77. The first kappa shape index (κ1) is 22.9. The van der Waals surface area contributed by atoms with Crippen LogP contribution in [0.4, 0.5) is 10.2 Å². The zero-order valence-electron chi connectivity index (χ0n) is 20.6. The van der Waals surface area contributed by atoms with Gasteiger partial charge < -0.3 is 9.64 Å². The van der Waals surface area contributed by atoms with E-state index in [9.17, 15) is 9.65 Å². The molecule has 0 N–H and O–H groups in total. The highest BCUT2D eigenvalue weighted by molar-refractivity contribution is 6.30. The van der Waals surface area contributed by atoms with Crippen LogP contribution in [0.5, 0.6) is 5.75 Å². The maximum absolute atomic E-state index is 13.6. The Labute approximate surface area is 219 Å². The molecule has 7 rings (SSSR count). The monoisotopic (exact) mass is 519 g/mol. The van der Waals surface area contributed by atoms with Gasteiger partial charge in [-0.05, 0) is 49.4 Å². The second kappa shape index (κ2) is 8.14. The van der Waals surface area contributed by atoms with Crippen molar-refractivity contribution in [2.45, 2.75) is 44.7 Å². The fraction of sp³-hybridized carbons (Fsp3) is 0.481. The SMILES string of the molecule is COc1cc(F)cnc1N1CC2(CC(c3nnc4n3-c3ccc(Cl)cc3CN(CC3(C#N)CC3)C4)C2)C1. The number of methoxy groups -OCH3 is 1. The minimum Gasteiger partial charge on any atom is -0.493 e. The van der Waals surface area contributed by atoms with Crippen LogP contribution in [0.25, 0.3) is 5.69 Å². The van der Waals surface area contributed by atoms with Crippen molar-refractivity contribution in [2.24, 2.45) is 10.8 Å². The molecular formula is C27H27ClFN7O. The van der Waals surface area contributed by atoms with E-state index in [-0.39, 0.29) is 10.8 Å². The van der Waals surface area contributed by atoms with E-state index in [4.69, 9.17) is 16.3 Å². The molecule has 2 saturated carbocycles. The molecule has 1 saturated heterocycles. The molecule has 1 aromatic carbocycles. The molecule has 190 valence electrons. The van der Waals surface area contributed by atoms with Crippen molar-refractivity contribution in [1.29, 1.82) is 5.26 Å². The number of aromatic nitrogens is 4. The highest BCUT2D eigenvalue weighted by Crippen LogP contribution is 2.57. The summed E-state index contributed by atoms with van der Waals surface area (Å²) in [4.78, 5) is 8.75. The molecule has 2 aliphatic heterocycles. The number of hydrogen-bond acceptors (Lipinski definition) is 7. The van der Waals surface area contributed by atoms with Crippen molar-refractivity contribution >= 4 is 17.4 Å². The van der Waals surface area contributed by atoms with Crippen LogP contribution in [0, 0.1) is 28.0 Å². The zero-order valence-corrected chi connectivity index (χ0v) is 21.4. The first-order valence-electron chi connectivity index (χ1n) is 12.7. The van der Waals surface area contributed by atoms with Crippen molar-refractivity contribution in [3.63, 3.8) is 0 Å². The molecule has 2 aromatic heterocycles. The first-order valence-corrected chi connectivity index (χ1v) is 13.1. The number of anilines is 1. The first-order chi connectivity index (χ1) is 17.9. The standard InChI is InChI=1S/C27H27ClFN7O/c1-37-22-7-20(29)10-31-25(22)35-15-27(16-35)8-18(9-27)24-33-32-23-12-34(14-26(13-30)4-5-26)11-17-6-19(28)2-3-21(17)36(23)24/h2-3,6-7,10,18H,4-5,8-9,11-12,14-16H2,1H3. The van der Waals surface area contributed by atoms with Crippen LogP contribution in [0.2, 0.25) is 5.02 Å². The van der Waals surface area contributed by atoms with E-state index in [1.54, 1.807) is 7.11 Å². The van der Waals surface area contributed by atoms with Crippen molar-refractivity contribution in [2.75, 3.05) is 31.6 Å². The van der Waals surface area contributed by atoms with Gasteiger partial charge in [-0.3, -0.25) is 9.47 Å². The van der Waals surface area contributed by atoms with E-state index < -0.39 is 5.82 Å². The summed E-state index contributed by atoms with van der Waals surface area (Å²) in [7, 11) is 1.54. The Balaban J connectivity index is 1.12. The van der Waals surface area contributed by atoms with Crippen molar-refractivity contribution in [3.8, 4) is 17.5 Å². The van der Waals surface area contributed by atoms with Gasteiger partial charge in [0.05, 0.1) is 37.0 Å². The van der Waals surface area contributed by atoms with Crippen LogP contribution < -0.4 is 9.64 Å². The minimum absolute atomic E-state index is 0.211. The van der Waals surface area contributed by atoms with Crippen LogP contribution in [-0.4, -0.2) is 51.4 Å². The average Bonchev–Trinajstić information content (AvgIpc) is 3.53. The van der Waals surface area contributed by atoms with Gasteiger partial charge in [-0.2, -0.15) is 5.26 Å². The summed E-state index contributed by atoms with van der Waals surface area (Å²) in [5.74, 6) is 3.01. The number of nitrogens with zero attached hydrogens (tertiary/aromatic N) is 7. The summed E-state index contributed by atoms with van der Waals surface area (Å²) in [5, 5.41) is 19.7. The van der Waals surface area contributed by atoms with E-state index in [2.05, 4.69) is 41.7 Å². The number of rotatable bonds is 5. The van der Waals surface area contributed by atoms with E-state index in [1.807, 2.05) is 12.1 Å². The lowest BCUT2D eigenvalue weighted by Crippen LogP contribution is -2.62. The van der Waals surface area contributed by atoms with Crippen LogP contribution in [0.1, 0.15) is 48.8 Å². The van der Waals surface area contributed by atoms with Gasteiger partial charge in [-0.1, -0.05) is 11.6 Å². The highest BCUT2D eigenvalue weighted by atomic mass is 35.5. The van der Waals surface area contributed by atoms with Gasteiger partial charge in [0.1, 0.15) is 11.6 Å². The Morgan fingerprint density at radius 3 is 2.73 bits per heavy atom. The van der Waals surface area contributed by atoms with Gasteiger partial charge in [-0.15, -0.1) is 10.2 Å². The van der Waals surface area contributed by atoms with Gasteiger partial charge in [0, 0.05) is 48.6 Å². The molecule has 0 bridgehead atoms. The zero-order chi connectivity index (χ0) is 25.4. The van der Waals surface area contributed by atoms with Crippen LogP contribution in [-0.2, 0) is 13.1 Å². The quantitative estimate of drug-likeness (QED) is 0.492. The van der Waals surface area contributed by atoms with E-state index in [1.165, 1.54) is 12.3 Å². The normalized spacial score (nSPS) is 21.3. The summed E-state index contributed by atoms with van der Waals surface area (Å²) in [6, 6.07) is 9.94. The molecular weight excluding hydrogens is 493 g/mol. The predicted octanol–water partition coefficient (Wildman–Crippen LogP) is 4.47. The number of nitriles is 1. The molecule has 10 heteroatoms. The van der Waals surface area contributed by atoms with Gasteiger partial charge in [0.25, 0.3) is 0 Å². The molecule has 2 aliphatic carbocycles. The number of hydrogen-bond donors (Lipinski definition) is 0. The molecule has 4 aliphatic rings. The topological polar surface area (TPSA) is 83.1 Å². The maximum Gasteiger partial charge on any atom is 0.171 e. The maximum atomic E-state index is 13.6. The number of halogens is 2. The molecule has 0 atom stereocenters. The Morgan fingerprint density at radius 1 is 1.19 bits per heavy atom. The summed E-state index contributed by atoms with van der Waals surface area (Å²) in [5.41, 5.74) is 2.21. The Morgan fingerprint density at radius 2 is 2.00 bits per heavy atom. The lowest BCUT2D eigenvalue weighted by atomic mass is 9.57. The van der Waals surface area contributed by atoms with Crippen LogP contribution in [0.15, 0.2) is 30.5 Å². The Bertz CT molecular complexity index is 1430. The molecule has 3 aromatic rings. The van der Waals surface area contributed by atoms with Gasteiger partial charge >= 0.3 is 0 Å². The van der Waals surface area contributed by atoms with Gasteiger partial charge in [-0.25, -0.2) is 9.37 Å². The van der Waals surface area contributed by atoms with Crippen LogP contribution >= 0.6 is 11.6 Å². The third-order valence-corrected chi connectivity index (χ3v) is 8.74. The van der Waals surface area contributed by atoms with Crippen molar-refractivity contribution in [1.82, 2.24) is 24.6 Å². The van der Waals surface area contributed by atoms with Gasteiger partial charge in [0.15, 0.2) is 17.4 Å². The predicted molar refractivity (Wildman–Crippen MR) is 135 cm³/mol. The lowest BCUT2D eigenvalue weighted by molar-refractivity contribution is 0.0577. The Kier molecular flexibility index (Phi) is 5.05. The summed E-state index contributed by atoms with van der Waals surface area (Å²) in [6.07, 6.45) is 5.21. The second-order valence-electron chi connectivity index (χ2n) is 11.3. The lowest BCUT2D eigenvalue weighted by Gasteiger charge is -2.59. The molecule has 37 heavy (non-hydrogen) atoms. The van der Waals surface area contributed by atoms with Crippen molar-refractivity contribution in [3.05, 3.63) is 58.5 Å². The number of pyridine rings is 1. The van der Waals surface area contributed by atoms with Crippen LogP contribution in [0.3, 0.4) is 0 Å². The molecule has 0 radical (unpaired) electrons.